The maximum absolute atomic E-state index is 13.6. The van der Waals surface area contributed by atoms with Gasteiger partial charge in [-0.15, -0.1) is 0 Å². The molecular weight excluding hydrogens is 378 g/mol. The Balaban J connectivity index is 1.92. The van der Waals surface area contributed by atoms with Gasteiger partial charge in [-0.2, -0.15) is 0 Å². The number of nitrogens with zero attached hydrogens (tertiary/aromatic N) is 1. The van der Waals surface area contributed by atoms with E-state index in [9.17, 15) is 4.79 Å². The van der Waals surface area contributed by atoms with Gasteiger partial charge in [0.05, 0.1) is 0 Å². The number of amides is 1. The highest BCUT2D eigenvalue weighted by atomic mass is 35.5. The molecule has 29 heavy (non-hydrogen) atoms. The Labute approximate surface area is 178 Å². The first-order valence-corrected chi connectivity index (χ1v) is 10.4. The highest BCUT2D eigenvalue weighted by Gasteiger charge is 2.47. The maximum Gasteiger partial charge on any atom is 0.258 e. The van der Waals surface area contributed by atoms with Crippen molar-refractivity contribution in [3.8, 4) is 0 Å². The number of hydrogen-bond acceptors (Lipinski definition) is 1. The van der Waals surface area contributed by atoms with Crippen molar-refractivity contribution in [2.45, 2.75) is 45.1 Å². The summed E-state index contributed by atoms with van der Waals surface area (Å²) in [5.74, 6) is -0.0160. The zero-order valence-corrected chi connectivity index (χ0v) is 18.1. The van der Waals surface area contributed by atoms with Crippen LogP contribution in [0.15, 0.2) is 72.8 Å². The van der Waals surface area contributed by atoms with Crippen LogP contribution in [0.4, 0.5) is 5.69 Å². The van der Waals surface area contributed by atoms with Crippen molar-refractivity contribution in [3.63, 3.8) is 0 Å². The monoisotopic (exact) mass is 403 g/mol. The summed E-state index contributed by atoms with van der Waals surface area (Å²) >= 11 is 6.17. The Kier molecular flexibility index (Phi) is 4.78. The van der Waals surface area contributed by atoms with Crippen LogP contribution in [0.2, 0.25) is 5.02 Å². The summed E-state index contributed by atoms with van der Waals surface area (Å²) in [6, 6.07) is 24.2. The van der Waals surface area contributed by atoms with Gasteiger partial charge in [0.2, 0.25) is 0 Å². The van der Waals surface area contributed by atoms with E-state index >= 15 is 0 Å². The van der Waals surface area contributed by atoms with Crippen LogP contribution in [-0.4, -0.2) is 11.4 Å². The molecule has 0 saturated carbocycles. The number of anilines is 1. The van der Waals surface area contributed by atoms with Gasteiger partial charge >= 0.3 is 0 Å². The van der Waals surface area contributed by atoms with E-state index in [-0.39, 0.29) is 16.9 Å². The summed E-state index contributed by atoms with van der Waals surface area (Å²) in [6.07, 6.45) is 0.826. The van der Waals surface area contributed by atoms with E-state index in [0.717, 1.165) is 12.1 Å². The normalized spacial score (nSPS) is 20.2. The van der Waals surface area contributed by atoms with Gasteiger partial charge < -0.3 is 4.90 Å². The molecule has 0 N–H and O–H groups in total. The van der Waals surface area contributed by atoms with Crippen LogP contribution in [0.5, 0.6) is 0 Å². The summed E-state index contributed by atoms with van der Waals surface area (Å²) in [7, 11) is 0. The van der Waals surface area contributed by atoms with E-state index < -0.39 is 0 Å². The second-order valence-corrected chi connectivity index (χ2v) is 9.30. The minimum Gasteiger partial charge on any atom is -0.302 e. The number of benzene rings is 3. The molecule has 0 unspecified atom stereocenters. The topological polar surface area (TPSA) is 20.3 Å². The van der Waals surface area contributed by atoms with E-state index in [2.05, 4.69) is 70.2 Å². The summed E-state index contributed by atoms with van der Waals surface area (Å²) in [6.45, 7) is 8.71. The molecule has 1 amide bonds. The van der Waals surface area contributed by atoms with Crippen molar-refractivity contribution < 1.29 is 4.79 Å². The molecular formula is C26H26ClNO. The predicted molar refractivity (Wildman–Crippen MR) is 121 cm³/mol. The number of fused-ring (bicyclic) bond motifs is 1. The molecule has 1 aliphatic heterocycles. The lowest BCUT2D eigenvalue weighted by molar-refractivity contribution is 0.0948. The molecule has 1 atom stereocenters. The fourth-order valence-corrected chi connectivity index (χ4v) is 5.04. The Morgan fingerprint density at radius 3 is 2.34 bits per heavy atom. The number of rotatable bonds is 2. The quantitative estimate of drug-likeness (QED) is 0.461. The minimum atomic E-state index is -0.369. The number of halogens is 1. The van der Waals surface area contributed by atoms with E-state index in [1.165, 1.54) is 16.7 Å². The fourth-order valence-electron chi connectivity index (χ4n) is 4.85. The van der Waals surface area contributed by atoms with E-state index in [1.54, 1.807) is 12.1 Å². The zero-order chi connectivity index (χ0) is 20.8. The third-order valence-electron chi connectivity index (χ3n) is 6.06. The van der Waals surface area contributed by atoms with Crippen LogP contribution in [0, 0.1) is 6.92 Å². The Hall–Kier alpha value is -2.58. The average molecular weight is 404 g/mol. The molecule has 3 aromatic carbocycles. The van der Waals surface area contributed by atoms with Gasteiger partial charge in [0.1, 0.15) is 0 Å². The first-order valence-electron chi connectivity index (χ1n) is 9.99. The molecule has 148 valence electrons. The van der Waals surface area contributed by atoms with Gasteiger partial charge in [-0.3, -0.25) is 4.79 Å². The van der Waals surface area contributed by atoms with Crippen molar-refractivity contribution in [3.05, 3.63) is 100 Å². The third kappa shape index (κ3) is 3.36. The highest BCUT2D eigenvalue weighted by Crippen LogP contribution is 2.51. The van der Waals surface area contributed by atoms with Gasteiger partial charge in [0, 0.05) is 27.2 Å². The first kappa shape index (κ1) is 19.7. The molecule has 1 aliphatic rings. The Morgan fingerprint density at radius 2 is 1.66 bits per heavy atom. The van der Waals surface area contributed by atoms with E-state index in [0.29, 0.717) is 10.6 Å². The van der Waals surface area contributed by atoms with Crippen molar-refractivity contribution in [1.29, 1.82) is 0 Å². The number of aryl methyl sites for hydroxylation is 1. The van der Waals surface area contributed by atoms with Crippen LogP contribution >= 0.6 is 11.6 Å². The molecule has 0 aromatic heterocycles. The SMILES string of the molecule is Cc1ccc2c(c1)[C@@](C)(c1ccccc1)CC(C)(C)N2C(=O)c1cccc(Cl)c1. The molecule has 0 aliphatic carbocycles. The zero-order valence-electron chi connectivity index (χ0n) is 17.4. The molecule has 3 aromatic rings. The van der Waals surface area contributed by atoms with Gasteiger partial charge in [-0.05, 0) is 62.6 Å². The van der Waals surface area contributed by atoms with Gasteiger partial charge in [-0.1, -0.05) is 72.6 Å². The highest BCUT2D eigenvalue weighted by molar-refractivity contribution is 6.31. The van der Waals surface area contributed by atoms with Crippen LogP contribution in [0.3, 0.4) is 0 Å². The van der Waals surface area contributed by atoms with Crippen LogP contribution in [-0.2, 0) is 5.41 Å². The maximum atomic E-state index is 13.6. The predicted octanol–water partition coefficient (Wildman–Crippen LogP) is 6.78. The van der Waals surface area contributed by atoms with E-state index in [4.69, 9.17) is 11.6 Å². The first-order chi connectivity index (χ1) is 13.7. The lowest BCUT2D eigenvalue weighted by Gasteiger charge is -2.51. The molecule has 0 spiro atoms. The lowest BCUT2D eigenvalue weighted by atomic mass is 9.65. The Morgan fingerprint density at radius 1 is 0.931 bits per heavy atom. The Bertz CT molecular complexity index is 1070. The standard InChI is InChI=1S/C26H26ClNO/c1-18-13-14-23-22(15-18)26(4,20-10-6-5-7-11-20)17-25(2,3)28(23)24(29)19-9-8-12-21(27)16-19/h5-16H,17H2,1-4H3/t26-/m1/s1. The summed E-state index contributed by atoms with van der Waals surface area (Å²) < 4.78 is 0. The fraction of sp³-hybridized carbons (Fsp3) is 0.269. The third-order valence-corrected chi connectivity index (χ3v) is 6.30. The average Bonchev–Trinajstić information content (AvgIpc) is 2.68. The molecule has 0 fully saturated rings. The second kappa shape index (κ2) is 7.03. The van der Waals surface area contributed by atoms with Gasteiger partial charge in [0.15, 0.2) is 0 Å². The van der Waals surface area contributed by atoms with Crippen LogP contribution < -0.4 is 4.90 Å². The smallest absolute Gasteiger partial charge is 0.258 e. The van der Waals surface area contributed by atoms with Crippen molar-refractivity contribution in [2.24, 2.45) is 0 Å². The summed E-state index contributed by atoms with van der Waals surface area (Å²) in [5.41, 5.74) is 4.70. The molecule has 0 saturated heterocycles. The van der Waals surface area contributed by atoms with E-state index in [1.807, 2.05) is 23.1 Å². The molecule has 2 nitrogen and oxygen atoms in total. The van der Waals surface area contributed by atoms with Crippen LogP contribution in [0.1, 0.15) is 54.2 Å². The molecule has 1 heterocycles. The van der Waals surface area contributed by atoms with Crippen molar-refractivity contribution in [2.75, 3.05) is 4.90 Å². The summed E-state index contributed by atoms with van der Waals surface area (Å²) in [4.78, 5) is 15.6. The van der Waals surface area contributed by atoms with Crippen LogP contribution in [0.25, 0.3) is 0 Å². The molecule has 4 rings (SSSR count). The largest absolute Gasteiger partial charge is 0.302 e. The van der Waals surface area contributed by atoms with Crippen molar-refractivity contribution in [1.82, 2.24) is 0 Å². The summed E-state index contributed by atoms with van der Waals surface area (Å²) in [5, 5.41) is 0.573. The second-order valence-electron chi connectivity index (χ2n) is 8.86. The van der Waals surface area contributed by atoms with Crippen molar-refractivity contribution >= 4 is 23.2 Å². The molecule has 0 radical (unpaired) electrons. The number of carbonyl (C=O) groups excluding carboxylic acids is 1. The number of carbonyl (C=O) groups is 1. The molecule has 0 bridgehead atoms. The minimum absolute atomic E-state index is 0.0160. The van der Waals surface area contributed by atoms with Gasteiger partial charge in [0.25, 0.3) is 5.91 Å². The molecule has 3 heteroatoms. The van der Waals surface area contributed by atoms with Gasteiger partial charge in [-0.25, -0.2) is 0 Å². The lowest BCUT2D eigenvalue weighted by Crippen LogP contribution is -2.55. The number of hydrogen-bond donors (Lipinski definition) is 0.